The van der Waals surface area contributed by atoms with Crippen molar-refractivity contribution >= 4 is 51.0 Å². The normalized spacial score (nSPS) is 17.1. The van der Waals surface area contributed by atoms with Gasteiger partial charge < -0.3 is 9.72 Å². The number of nitrogens with one attached hydrogen (secondary N) is 1. The second kappa shape index (κ2) is 6.82. The van der Waals surface area contributed by atoms with Gasteiger partial charge in [-0.3, -0.25) is 19.9 Å². The monoisotopic (exact) mass is 367 g/mol. The van der Waals surface area contributed by atoms with Gasteiger partial charge in [-0.1, -0.05) is 0 Å². The van der Waals surface area contributed by atoms with Crippen LogP contribution in [0.15, 0.2) is 23.2 Å². The second-order valence-corrected chi connectivity index (χ2v) is 6.61. The quantitative estimate of drug-likeness (QED) is 0.378. The highest BCUT2D eigenvalue weighted by molar-refractivity contribution is 8.14. The fourth-order valence-electron chi connectivity index (χ4n) is 2.56. The Labute approximate surface area is 146 Å². The molecule has 0 fully saturated rings. The number of aromatic nitrogens is 1. The molecule has 0 amide bonds. The van der Waals surface area contributed by atoms with Gasteiger partial charge in [-0.05, 0) is 17.7 Å². The first-order valence-corrected chi connectivity index (χ1v) is 8.67. The summed E-state index contributed by atoms with van der Waals surface area (Å²) < 4.78 is 4.66. The predicted molar refractivity (Wildman–Crippen MR) is 93.9 cm³/mol. The summed E-state index contributed by atoms with van der Waals surface area (Å²) in [6.07, 6.45) is 0.226. The summed E-state index contributed by atoms with van der Waals surface area (Å²) in [5.74, 6) is 0.577. The molecule has 0 saturated carbocycles. The third kappa shape index (κ3) is 3.25. The maximum Gasteiger partial charge on any atom is 0.307 e. The van der Waals surface area contributed by atoms with E-state index in [2.05, 4.69) is 14.7 Å². The summed E-state index contributed by atoms with van der Waals surface area (Å²) >= 11 is 7.33. The highest BCUT2D eigenvalue weighted by atomic mass is 35.5. The summed E-state index contributed by atoms with van der Waals surface area (Å²) in [4.78, 5) is 29.8. The second-order valence-electron chi connectivity index (χ2n) is 5.33. The van der Waals surface area contributed by atoms with E-state index in [0.29, 0.717) is 22.5 Å². The molecule has 0 bridgehead atoms. The Morgan fingerprint density at radius 1 is 1.54 bits per heavy atom. The third-order valence-corrected chi connectivity index (χ3v) is 5.15. The van der Waals surface area contributed by atoms with Crippen LogP contribution in [0.2, 0.25) is 0 Å². The molecule has 1 aromatic carbocycles. The number of rotatable bonds is 5. The number of halogens is 1. The molecule has 9 heteroatoms. The predicted octanol–water partition coefficient (Wildman–Crippen LogP) is 3.24. The van der Waals surface area contributed by atoms with E-state index in [1.165, 1.54) is 24.9 Å². The largest absolute Gasteiger partial charge is 0.469 e. The number of nitrogens with zero attached hydrogens (tertiary/aromatic N) is 2. The Kier molecular flexibility index (Phi) is 4.77. The number of alkyl halides is 1. The van der Waals surface area contributed by atoms with Crippen LogP contribution in [0, 0.1) is 10.1 Å². The van der Waals surface area contributed by atoms with Gasteiger partial charge in [0.25, 0.3) is 5.69 Å². The number of fused-ring (bicyclic) bond motifs is 1. The van der Waals surface area contributed by atoms with Crippen molar-refractivity contribution in [2.75, 3.05) is 12.9 Å². The van der Waals surface area contributed by atoms with Gasteiger partial charge in [0.1, 0.15) is 10.6 Å². The molecule has 24 heavy (non-hydrogen) atoms. The van der Waals surface area contributed by atoms with Crippen molar-refractivity contribution in [3.63, 3.8) is 0 Å². The molecule has 126 valence electrons. The molecule has 1 aromatic heterocycles. The average molecular weight is 368 g/mol. The van der Waals surface area contributed by atoms with E-state index < -0.39 is 4.92 Å². The zero-order chi connectivity index (χ0) is 17.3. The minimum Gasteiger partial charge on any atom is -0.469 e. The molecular formula is C15H14ClN3O4S. The van der Waals surface area contributed by atoms with Gasteiger partial charge in [0.05, 0.1) is 30.2 Å². The zero-order valence-corrected chi connectivity index (χ0v) is 14.3. The number of ether oxygens (including phenoxy) is 1. The highest BCUT2D eigenvalue weighted by Crippen LogP contribution is 2.32. The first-order chi connectivity index (χ1) is 11.5. The van der Waals surface area contributed by atoms with E-state index in [4.69, 9.17) is 11.6 Å². The Morgan fingerprint density at radius 3 is 3.00 bits per heavy atom. The summed E-state index contributed by atoms with van der Waals surface area (Å²) in [6, 6.07) is 4.98. The number of hydrogen-bond acceptors (Lipinski definition) is 6. The number of aliphatic imine (C=N–C) groups is 1. The Bertz CT molecular complexity index is 849. The van der Waals surface area contributed by atoms with Crippen LogP contribution in [-0.4, -0.2) is 39.8 Å². The zero-order valence-electron chi connectivity index (χ0n) is 12.7. The molecule has 7 nitrogen and oxygen atoms in total. The lowest BCUT2D eigenvalue weighted by atomic mass is 10.1. The molecule has 0 spiro atoms. The third-order valence-electron chi connectivity index (χ3n) is 3.69. The van der Waals surface area contributed by atoms with Crippen molar-refractivity contribution < 1.29 is 14.5 Å². The number of carbonyl (C=O) groups is 1. The number of aromatic amines is 1. The molecule has 2 aromatic rings. The van der Waals surface area contributed by atoms with Crippen molar-refractivity contribution in [3.05, 3.63) is 39.6 Å². The molecule has 0 unspecified atom stereocenters. The van der Waals surface area contributed by atoms with Gasteiger partial charge in [0, 0.05) is 23.1 Å². The summed E-state index contributed by atoms with van der Waals surface area (Å²) in [5, 5.41) is 12.7. The fourth-order valence-corrected chi connectivity index (χ4v) is 3.75. The smallest absolute Gasteiger partial charge is 0.307 e. The standard InChI is InChI=1S/C15H14ClN3O4S/c1-23-13(20)5-10-7-24-15(17-10)11-4-9-2-8(6-16)3-12(19(21)22)14(9)18-11/h2-4,10,18H,5-7H2,1H3/t10-/m1/s1. The van der Waals surface area contributed by atoms with E-state index in [0.717, 1.165) is 10.4 Å². The molecule has 0 aliphatic carbocycles. The summed E-state index contributed by atoms with van der Waals surface area (Å²) in [5.41, 5.74) is 1.83. The number of nitro benzene ring substituents is 1. The highest BCUT2D eigenvalue weighted by Gasteiger charge is 2.24. The van der Waals surface area contributed by atoms with Crippen LogP contribution in [0.25, 0.3) is 10.9 Å². The Balaban J connectivity index is 1.96. The number of thioether (sulfide) groups is 1. The molecule has 2 heterocycles. The van der Waals surface area contributed by atoms with Gasteiger partial charge in [-0.15, -0.1) is 23.4 Å². The van der Waals surface area contributed by atoms with Crippen LogP contribution in [0.5, 0.6) is 0 Å². The SMILES string of the molecule is COC(=O)C[C@@H]1CSC(c2cc3cc(CCl)cc([N+](=O)[O-])c3[nH]2)=N1. The van der Waals surface area contributed by atoms with E-state index in [9.17, 15) is 14.9 Å². The van der Waals surface area contributed by atoms with Crippen molar-refractivity contribution in [1.29, 1.82) is 0 Å². The fraction of sp³-hybridized carbons (Fsp3) is 0.333. The van der Waals surface area contributed by atoms with Gasteiger partial charge in [0.15, 0.2) is 0 Å². The summed E-state index contributed by atoms with van der Waals surface area (Å²) in [6.45, 7) is 0. The Hall–Kier alpha value is -2.06. The minimum absolute atomic E-state index is 0.0101. The lowest BCUT2D eigenvalue weighted by Gasteiger charge is -2.02. The average Bonchev–Trinajstić information content (AvgIpc) is 3.19. The van der Waals surface area contributed by atoms with Crippen LogP contribution in [0.3, 0.4) is 0 Å². The lowest BCUT2D eigenvalue weighted by molar-refractivity contribution is -0.383. The van der Waals surface area contributed by atoms with E-state index >= 15 is 0 Å². The van der Waals surface area contributed by atoms with Crippen LogP contribution in [0.4, 0.5) is 5.69 Å². The molecule has 1 aliphatic rings. The molecular weight excluding hydrogens is 354 g/mol. The first kappa shape index (κ1) is 16.8. The van der Waals surface area contributed by atoms with Crippen molar-refractivity contribution in [2.24, 2.45) is 4.99 Å². The van der Waals surface area contributed by atoms with Crippen molar-refractivity contribution in [2.45, 2.75) is 18.3 Å². The Morgan fingerprint density at radius 2 is 2.33 bits per heavy atom. The van der Waals surface area contributed by atoms with Crippen LogP contribution in [-0.2, 0) is 15.4 Å². The molecule has 0 radical (unpaired) electrons. The number of benzene rings is 1. The number of hydrogen-bond donors (Lipinski definition) is 1. The van der Waals surface area contributed by atoms with Crippen molar-refractivity contribution in [3.8, 4) is 0 Å². The number of H-pyrrole nitrogens is 1. The number of non-ortho nitro benzene ring substituents is 1. The van der Waals surface area contributed by atoms with E-state index in [1.807, 2.05) is 12.1 Å². The van der Waals surface area contributed by atoms with E-state index in [-0.39, 0.29) is 30.0 Å². The van der Waals surface area contributed by atoms with Gasteiger partial charge in [-0.2, -0.15) is 0 Å². The lowest BCUT2D eigenvalue weighted by Crippen LogP contribution is -2.12. The van der Waals surface area contributed by atoms with Crippen molar-refractivity contribution in [1.82, 2.24) is 4.98 Å². The maximum absolute atomic E-state index is 11.3. The number of esters is 1. The van der Waals surface area contributed by atoms with Gasteiger partial charge in [-0.25, -0.2) is 0 Å². The summed E-state index contributed by atoms with van der Waals surface area (Å²) in [7, 11) is 1.35. The molecule has 1 atom stereocenters. The van der Waals surface area contributed by atoms with Crippen LogP contribution >= 0.6 is 23.4 Å². The van der Waals surface area contributed by atoms with Crippen LogP contribution in [0.1, 0.15) is 17.7 Å². The number of carbonyl (C=O) groups excluding carboxylic acids is 1. The van der Waals surface area contributed by atoms with Crippen LogP contribution < -0.4 is 0 Å². The maximum atomic E-state index is 11.3. The topological polar surface area (TPSA) is 97.6 Å². The minimum atomic E-state index is -0.428. The molecule has 0 saturated heterocycles. The molecule has 1 N–H and O–H groups in total. The first-order valence-electron chi connectivity index (χ1n) is 7.15. The molecule has 1 aliphatic heterocycles. The molecule has 3 rings (SSSR count). The van der Waals surface area contributed by atoms with Gasteiger partial charge in [0.2, 0.25) is 0 Å². The van der Waals surface area contributed by atoms with E-state index in [1.54, 1.807) is 0 Å². The number of methoxy groups -OCH3 is 1. The number of nitro groups is 1. The van der Waals surface area contributed by atoms with Gasteiger partial charge >= 0.3 is 5.97 Å².